The Morgan fingerprint density at radius 3 is 0.526 bits per heavy atom. The van der Waals surface area contributed by atoms with Crippen molar-refractivity contribution in [3.05, 3.63) is 0 Å². The molecule has 0 heterocycles. The molecule has 0 bridgehead atoms. The van der Waals surface area contributed by atoms with E-state index in [4.69, 9.17) is 28.7 Å². The first-order chi connectivity index (χ1) is 8.07. The summed E-state index contributed by atoms with van der Waals surface area (Å²) in [5.74, 6) is 0. The van der Waals surface area contributed by atoms with Gasteiger partial charge in [0.15, 0.2) is 0 Å². The monoisotopic (exact) mass is 389 g/mol. The van der Waals surface area contributed by atoms with Gasteiger partial charge in [-0.3, -0.25) is 0 Å². The summed E-state index contributed by atoms with van der Waals surface area (Å²) < 4.78 is 0. The van der Waals surface area contributed by atoms with Crippen molar-refractivity contribution in [2.75, 3.05) is 32.7 Å². The fourth-order valence-corrected chi connectivity index (χ4v) is 0. The fourth-order valence-electron chi connectivity index (χ4n) is 0. The molecule has 0 aromatic heterocycles. The Kier molecular flexibility index (Phi) is 437. The Hall–Kier alpha value is 1.18. The van der Waals surface area contributed by atoms with Gasteiger partial charge in [-0.05, 0) is 32.7 Å². The predicted octanol–water partition coefficient (Wildman–Crippen LogP) is -5.48. The van der Waals surface area contributed by atoms with Crippen LogP contribution in [0.3, 0.4) is 0 Å². The van der Waals surface area contributed by atoms with E-state index in [0.717, 1.165) is 32.7 Å². The van der Waals surface area contributed by atoms with E-state index in [1.54, 1.807) is 0 Å². The van der Waals surface area contributed by atoms with E-state index in [2.05, 4.69) is 25.0 Å². The molecule has 0 aliphatic rings. The zero-order valence-electron chi connectivity index (χ0n) is 12.9. The standard InChI is InChI=1S/5C2H7N.3ClH.Co/c5*1-2-3;;;;/h5*2-3H2,1H3;3*1H;/q;;;;;;;;+3/p-3. The molecule has 0 aromatic carbocycles. The van der Waals surface area contributed by atoms with Crippen LogP contribution in [0.2, 0.25) is 0 Å². The molecular weight excluding hydrogens is 355 g/mol. The first kappa shape index (κ1) is 50.0. The van der Waals surface area contributed by atoms with Gasteiger partial charge in [-0.25, -0.2) is 0 Å². The molecular formula is C10H35Cl3CoN5. The van der Waals surface area contributed by atoms with Crippen LogP contribution in [0.25, 0.3) is 0 Å². The molecule has 9 heteroatoms. The van der Waals surface area contributed by atoms with E-state index in [1.165, 1.54) is 0 Å². The zero-order chi connectivity index (χ0) is 15.5. The summed E-state index contributed by atoms with van der Waals surface area (Å²) in [7, 11) is 4.33. The fraction of sp³-hybridized carbons (Fsp3) is 1.00. The van der Waals surface area contributed by atoms with Crippen LogP contribution in [-0.2, 0) is 14.8 Å². The van der Waals surface area contributed by atoms with Gasteiger partial charge in [-0.1, -0.05) is 34.6 Å². The first-order valence-corrected chi connectivity index (χ1v) is 7.14. The van der Waals surface area contributed by atoms with Crippen molar-refractivity contribution >= 4 is 10.1 Å². The third-order valence-corrected chi connectivity index (χ3v) is 0. The maximum atomic E-state index is 4.85. The Morgan fingerprint density at radius 1 is 0.526 bits per heavy atom. The molecule has 0 rings (SSSR count). The number of halogens is 3. The third kappa shape index (κ3) is 4090. The minimum atomic E-state index is 0. The molecule has 10 N–H and O–H groups in total. The average molecular weight is 391 g/mol. The molecule has 0 fully saturated rings. The predicted molar refractivity (Wildman–Crippen MR) is 79.5 cm³/mol. The third-order valence-electron chi connectivity index (χ3n) is 0. The van der Waals surface area contributed by atoms with Crippen molar-refractivity contribution in [2.24, 2.45) is 28.7 Å². The Balaban J connectivity index is -0.0000000125. The van der Waals surface area contributed by atoms with Gasteiger partial charge < -0.3 is 53.5 Å². The molecule has 0 atom stereocenters. The molecule has 0 amide bonds. The van der Waals surface area contributed by atoms with E-state index in [0.29, 0.717) is 0 Å². The second-order valence-electron chi connectivity index (χ2n) is 2.04. The van der Waals surface area contributed by atoms with Gasteiger partial charge in [0, 0.05) is 0 Å². The van der Waals surface area contributed by atoms with Gasteiger partial charge in [-0.2, -0.15) is 0 Å². The van der Waals surface area contributed by atoms with Crippen LogP contribution in [-0.4, -0.2) is 32.7 Å². The van der Waals surface area contributed by atoms with Crippen LogP contribution < -0.4 is 53.5 Å². The van der Waals surface area contributed by atoms with Crippen LogP contribution in [0.4, 0.5) is 0 Å². The van der Waals surface area contributed by atoms with Crippen molar-refractivity contribution in [3.8, 4) is 0 Å². The van der Waals surface area contributed by atoms with Gasteiger partial charge in [-0.15, -0.1) is 0 Å². The summed E-state index contributed by atoms with van der Waals surface area (Å²) in [6.07, 6.45) is 0. The molecule has 5 nitrogen and oxygen atoms in total. The maximum absolute atomic E-state index is 4.85. The molecule has 0 radical (unpaired) electrons. The quantitative estimate of drug-likeness (QED) is 0.282. The second-order valence-corrected chi connectivity index (χ2v) is 2.04. The average Bonchev–Trinajstić information content (AvgIpc) is 2.25. The van der Waals surface area contributed by atoms with E-state index >= 15 is 0 Å². The van der Waals surface area contributed by atoms with Gasteiger partial charge in [0.25, 0.3) is 0 Å². The van der Waals surface area contributed by atoms with Crippen LogP contribution >= 0.6 is 10.1 Å². The molecule has 0 saturated heterocycles. The SMILES string of the molecule is CCN.CCN.CCN.CCN.CCN.[Cl-].[Cl-].[Cl][Co+2]. The number of hydrogen-bond donors (Lipinski definition) is 5. The van der Waals surface area contributed by atoms with Crippen LogP contribution in [0.5, 0.6) is 0 Å². The van der Waals surface area contributed by atoms with Crippen molar-refractivity contribution < 1.29 is 39.6 Å². The van der Waals surface area contributed by atoms with Gasteiger partial charge in [0.05, 0.1) is 0 Å². The Bertz CT molecular complexity index is 42.7. The number of hydrogen-bond acceptors (Lipinski definition) is 5. The number of rotatable bonds is 0. The summed E-state index contributed by atoms with van der Waals surface area (Å²) in [6, 6.07) is 0. The second kappa shape index (κ2) is 166. The van der Waals surface area contributed by atoms with Crippen molar-refractivity contribution in [1.29, 1.82) is 0 Å². The summed E-state index contributed by atoms with van der Waals surface area (Å²) in [5, 5.41) is 0. The van der Waals surface area contributed by atoms with Crippen LogP contribution in [0.1, 0.15) is 34.6 Å². The van der Waals surface area contributed by atoms with Gasteiger partial charge in [0.1, 0.15) is 0 Å². The van der Waals surface area contributed by atoms with E-state index in [9.17, 15) is 0 Å². The summed E-state index contributed by atoms with van der Waals surface area (Å²) in [5.41, 5.74) is 24.2. The Labute approximate surface area is 145 Å². The van der Waals surface area contributed by atoms with E-state index < -0.39 is 0 Å². The van der Waals surface area contributed by atoms with Crippen LogP contribution in [0, 0.1) is 0 Å². The molecule has 130 valence electrons. The van der Waals surface area contributed by atoms with Crippen molar-refractivity contribution in [2.45, 2.75) is 34.6 Å². The summed E-state index contributed by atoms with van der Waals surface area (Å²) in [4.78, 5) is 0. The molecule has 0 spiro atoms. The van der Waals surface area contributed by atoms with Crippen molar-refractivity contribution in [1.82, 2.24) is 0 Å². The van der Waals surface area contributed by atoms with Crippen molar-refractivity contribution in [3.63, 3.8) is 0 Å². The van der Waals surface area contributed by atoms with Crippen LogP contribution in [0.15, 0.2) is 0 Å². The summed E-state index contributed by atoms with van der Waals surface area (Å²) in [6.45, 7) is 13.3. The Morgan fingerprint density at radius 2 is 0.526 bits per heavy atom. The first-order valence-electron chi connectivity index (χ1n) is 5.70. The molecule has 0 unspecified atom stereocenters. The van der Waals surface area contributed by atoms with Gasteiger partial charge >= 0.3 is 25.0 Å². The zero-order valence-corrected chi connectivity index (χ0v) is 16.2. The van der Waals surface area contributed by atoms with E-state index in [1.807, 2.05) is 34.6 Å². The minimum absolute atomic E-state index is 0. The summed E-state index contributed by atoms with van der Waals surface area (Å²) >= 11 is 3.03. The topological polar surface area (TPSA) is 130 Å². The van der Waals surface area contributed by atoms with E-state index in [-0.39, 0.29) is 24.8 Å². The molecule has 0 aliphatic carbocycles. The number of nitrogens with two attached hydrogens (primary N) is 5. The molecule has 0 aliphatic heterocycles. The molecule has 0 saturated carbocycles. The normalized spacial score (nSPS) is 5.05. The molecule has 19 heavy (non-hydrogen) atoms. The molecule has 0 aromatic rings. The van der Waals surface area contributed by atoms with Gasteiger partial charge in [0.2, 0.25) is 0 Å².